The average molecular weight is 276 g/mol. The standard InChI is InChI=1S/C16H24N2O2/c1-9(19)18-8-12-10-5-6-11(7-10)13(12)14(18)15(20)17-16(2,3)4/h5-6,10-14H,7-8H2,1-4H3,(H,17,20). The highest BCUT2D eigenvalue weighted by Gasteiger charge is 2.57. The third-order valence-corrected chi connectivity index (χ3v) is 4.97. The van der Waals surface area contributed by atoms with Crippen LogP contribution in [0.25, 0.3) is 0 Å². The molecular formula is C16H24N2O2. The fourth-order valence-corrected chi connectivity index (χ4v) is 4.32. The van der Waals surface area contributed by atoms with E-state index in [0.29, 0.717) is 23.7 Å². The van der Waals surface area contributed by atoms with Crippen LogP contribution in [-0.2, 0) is 9.59 Å². The largest absolute Gasteiger partial charge is 0.350 e. The van der Waals surface area contributed by atoms with E-state index in [1.165, 1.54) is 6.42 Å². The maximum atomic E-state index is 12.7. The van der Waals surface area contributed by atoms with Gasteiger partial charge in [-0.1, -0.05) is 12.2 Å². The molecule has 2 aliphatic carbocycles. The molecule has 3 aliphatic rings. The number of hydrogen-bond acceptors (Lipinski definition) is 2. The van der Waals surface area contributed by atoms with Crippen LogP contribution in [0.5, 0.6) is 0 Å². The van der Waals surface area contributed by atoms with Crippen molar-refractivity contribution in [1.29, 1.82) is 0 Å². The van der Waals surface area contributed by atoms with Crippen molar-refractivity contribution in [3.63, 3.8) is 0 Å². The second kappa shape index (κ2) is 4.34. The Bertz CT molecular complexity index is 477. The van der Waals surface area contributed by atoms with Gasteiger partial charge in [-0.3, -0.25) is 9.59 Å². The Balaban J connectivity index is 1.87. The van der Waals surface area contributed by atoms with Gasteiger partial charge in [0, 0.05) is 19.0 Å². The number of allylic oxidation sites excluding steroid dienone is 2. The number of hydrogen-bond donors (Lipinski definition) is 1. The maximum Gasteiger partial charge on any atom is 0.243 e. The zero-order valence-electron chi connectivity index (χ0n) is 12.7. The molecule has 2 bridgehead atoms. The van der Waals surface area contributed by atoms with Crippen molar-refractivity contribution in [3.05, 3.63) is 12.2 Å². The van der Waals surface area contributed by atoms with E-state index in [2.05, 4.69) is 17.5 Å². The lowest BCUT2D eigenvalue weighted by Crippen LogP contribution is -2.53. The van der Waals surface area contributed by atoms with E-state index in [-0.39, 0.29) is 23.4 Å². The van der Waals surface area contributed by atoms with Gasteiger partial charge in [-0.25, -0.2) is 0 Å². The van der Waals surface area contributed by atoms with E-state index in [1.807, 2.05) is 20.8 Å². The molecule has 5 unspecified atom stereocenters. The van der Waals surface area contributed by atoms with Crippen molar-refractivity contribution in [3.8, 4) is 0 Å². The number of nitrogens with one attached hydrogen (secondary N) is 1. The van der Waals surface area contributed by atoms with E-state index in [9.17, 15) is 9.59 Å². The Morgan fingerprint density at radius 2 is 1.85 bits per heavy atom. The SMILES string of the molecule is CC(=O)N1CC2C3C=CC(C3)C2C1C(=O)NC(C)(C)C. The maximum absolute atomic E-state index is 12.7. The lowest BCUT2D eigenvalue weighted by molar-refractivity contribution is -0.139. The number of nitrogens with zero attached hydrogens (tertiary/aromatic N) is 1. The summed E-state index contributed by atoms with van der Waals surface area (Å²) in [6.07, 6.45) is 5.71. The summed E-state index contributed by atoms with van der Waals surface area (Å²) in [7, 11) is 0. The van der Waals surface area contributed by atoms with Gasteiger partial charge in [0.1, 0.15) is 6.04 Å². The molecule has 110 valence electrons. The van der Waals surface area contributed by atoms with E-state index in [0.717, 1.165) is 6.54 Å². The van der Waals surface area contributed by atoms with Crippen LogP contribution in [-0.4, -0.2) is 34.8 Å². The van der Waals surface area contributed by atoms with Gasteiger partial charge in [0.15, 0.2) is 0 Å². The summed E-state index contributed by atoms with van der Waals surface area (Å²) in [5, 5.41) is 3.06. The zero-order chi connectivity index (χ0) is 14.7. The highest BCUT2D eigenvalue weighted by atomic mass is 16.2. The first kappa shape index (κ1) is 13.7. The van der Waals surface area contributed by atoms with Crippen LogP contribution in [0.1, 0.15) is 34.1 Å². The van der Waals surface area contributed by atoms with Gasteiger partial charge in [-0.15, -0.1) is 0 Å². The summed E-state index contributed by atoms with van der Waals surface area (Å²) in [6, 6.07) is -0.281. The Labute approximate surface area is 120 Å². The predicted octanol–water partition coefficient (Wildman–Crippen LogP) is 1.57. The summed E-state index contributed by atoms with van der Waals surface area (Å²) in [5.41, 5.74) is -0.259. The van der Waals surface area contributed by atoms with Crippen molar-refractivity contribution < 1.29 is 9.59 Å². The van der Waals surface area contributed by atoms with Crippen molar-refractivity contribution in [1.82, 2.24) is 10.2 Å². The number of amides is 2. The molecule has 1 heterocycles. The molecule has 1 saturated heterocycles. The normalized spacial score (nSPS) is 38.2. The second-order valence-corrected chi connectivity index (χ2v) is 7.54. The molecule has 20 heavy (non-hydrogen) atoms. The third kappa shape index (κ3) is 2.05. The van der Waals surface area contributed by atoms with Crippen molar-refractivity contribution in [2.75, 3.05) is 6.54 Å². The van der Waals surface area contributed by atoms with Gasteiger partial charge < -0.3 is 10.2 Å². The molecule has 1 aliphatic heterocycles. The fourth-order valence-electron chi connectivity index (χ4n) is 4.32. The average Bonchev–Trinajstić information content (AvgIpc) is 2.97. The van der Waals surface area contributed by atoms with Gasteiger partial charge in [0.2, 0.25) is 11.8 Å². The minimum Gasteiger partial charge on any atom is -0.350 e. The molecule has 5 atom stereocenters. The molecule has 0 aromatic rings. The quantitative estimate of drug-likeness (QED) is 0.739. The molecule has 0 aromatic carbocycles. The van der Waals surface area contributed by atoms with Crippen LogP contribution in [0.4, 0.5) is 0 Å². The Kier molecular flexibility index (Phi) is 2.96. The molecule has 3 rings (SSSR count). The summed E-state index contributed by atoms with van der Waals surface area (Å²) >= 11 is 0. The molecule has 0 spiro atoms. The molecule has 0 aromatic heterocycles. The van der Waals surface area contributed by atoms with Crippen LogP contribution >= 0.6 is 0 Å². The monoisotopic (exact) mass is 276 g/mol. The Morgan fingerprint density at radius 3 is 2.45 bits per heavy atom. The topological polar surface area (TPSA) is 49.4 Å². The van der Waals surface area contributed by atoms with Crippen LogP contribution in [0.3, 0.4) is 0 Å². The van der Waals surface area contributed by atoms with Crippen molar-refractivity contribution >= 4 is 11.8 Å². The van der Waals surface area contributed by atoms with Crippen molar-refractivity contribution in [2.45, 2.75) is 45.7 Å². The number of rotatable bonds is 1. The molecule has 4 heteroatoms. The summed E-state index contributed by atoms with van der Waals surface area (Å²) in [4.78, 5) is 26.4. The predicted molar refractivity (Wildman–Crippen MR) is 76.8 cm³/mol. The minimum absolute atomic E-state index is 0.0150. The van der Waals surface area contributed by atoms with E-state index >= 15 is 0 Å². The van der Waals surface area contributed by atoms with Crippen molar-refractivity contribution in [2.24, 2.45) is 23.7 Å². The Morgan fingerprint density at radius 1 is 1.20 bits per heavy atom. The number of fused-ring (bicyclic) bond motifs is 5. The van der Waals surface area contributed by atoms with Crippen LogP contribution < -0.4 is 5.32 Å². The Hall–Kier alpha value is -1.32. The number of carbonyl (C=O) groups excluding carboxylic acids is 2. The smallest absolute Gasteiger partial charge is 0.243 e. The molecule has 2 fully saturated rings. The van der Waals surface area contributed by atoms with Gasteiger partial charge in [0.05, 0.1) is 0 Å². The summed E-state index contributed by atoms with van der Waals surface area (Å²) < 4.78 is 0. The summed E-state index contributed by atoms with van der Waals surface area (Å²) in [6.45, 7) is 8.27. The first-order valence-electron chi connectivity index (χ1n) is 7.55. The van der Waals surface area contributed by atoms with Crippen LogP contribution in [0, 0.1) is 23.7 Å². The van der Waals surface area contributed by atoms with Gasteiger partial charge in [-0.2, -0.15) is 0 Å². The van der Waals surface area contributed by atoms with E-state index < -0.39 is 0 Å². The van der Waals surface area contributed by atoms with Crippen LogP contribution in [0.2, 0.25) is 0 Å². The molecule has 1 N–H and O–H groups in total. The molecule has 0 radical (unpaired) electrons. The van der Waals surface area contributed by atoms with E-state index in [1.54, 1.807) is 11.8 Å². The zero-order valence-corrected chi connectivity index (χ0v) is 12.7. The molecule has 2 amide bonds. The molecular weight excluding hydrogens is 252 g/mol. The van der Waals surface area contributed by atoms with Gasteiger partial charge >= 0.3 is 0 Å². The van der Waals surface area contributed by atoms with Crippen LogP contribution in [0.15, 0.2) is 12.2 Å². The first-order valence-corrected chi connectivity index (χ1v) is 7.55. The molecule has 1 saturated carbocycles. The highest BCUT2D eigenvalue weighted by molar-refractivity contribution is 5.88. The second-order valence-electron chi connectivity index (χ2n) is 7.54. The number of likely N-dealkylation sites (tertiary alicyclic amines) is 1. The first-order chi connectivity index (χ1) is 9.28. The lowest BCUT2D eigenvalue weighted by Gasteiger charge is -2.31. The summed E-state index contributed by atoms with van der Waals surface area (Å²) in [5.74, 6) is 1.87. The highest BCUT2D eigenvalue weighted by Crippen LogP contribution is 2.54. The number of carbonyl (C=O) groups is 2. The van der Waals surface area contributed by atoms with Gasteiger partial charge in [0.25, 0.3) is 0 Å². The minimum atomic E-state index is -0.281. The third-order valence-electron chi connectivity index (χ3n) is 4.97. The lowest BCUT2D eigenvalue weighted by atomic mass is 9.81. The van der Waals surface area contributed by atoms with E-state index in [4.69, 9.17) is 0 Å². The fraction of sp³-hybridized carbons (Fsp3) is 0.750. The van der Waals surface area contributed by atoms with Gasteiger partial charge in [-0.05, 0) is 50.9 Å². The molecule has 4 nitrogen and oxygen atoms in total.